The summed E-state index contributed by atoms with van der Waals surface area (Å²) in [6, 6.07) is 17.3. The number of carbonyl (C=O) groups excluding carboxylic acids is 2. The van der Waals surface area contributed by atoms with E-state index >= 15 is 0 Å². The van der Waals surface area contributed by atoms with Gasteiger partial charge >= 0.3 is 0 Å². The van der Waals surface area contributed by atoms with Crippen molar-refractivity contribution in [1.29, 1.82) is 0 Å². The molecule has 2 aliphatic heterocycles. The van der Waals surface area contributed by atoms with Crippen LogP contribution in [-0.2, 0) is 4.79 Å². The molecule has 0 saturated carbocycles. The molecule has 3 aromatic rings. The summed E-state index contributed by atoms with van der Waals surface area (Å²) in [5.41, 5.74) is 7.06. The second-order valence-electron chi connectivity index (χ2n) is 8.01. The number of fused-ring (bicyclic) bond motifs is 2. The molecular formula is C25H22N4O3S. The van der Waals surface area contributed by atoms with Crippen molar-refractivity contribution in [3.05, 3.63) is 59.5 Å². The molecule has 2 amide bonds. The van der Waals surface area contributed by atoms with Crippen LogP contribution >= 0.6 is 11.3 Å². The molecule has 3 heterocycles. The third kappa shape index (κ3) is 4.03. The Bertz CT molecular complexity index is 1260. The van der Waals surface area contributed by atoms with E-state index in [1.165, 1.54) is 11.3 Å². The van der Waals surface area contributed by atoms with Crippen molar-refractivity contribution in [1.82, 2.24) is 9.88 Å². The third-order valence-corrected chi connectivity index (χ3v) is 7.03. The van der Waals surface area contributed by atoms with Crippen molar-refractivity contribution in [2.45, 2.75) is 25.4 Å². The molecule has 2 unspecified atom stereocenters. The average Bonchev–Trinajstić information content (AvgIpc) is 3.54. The zero-order valence-electron chi connectivity index (χ0n) is 18.0. The van der Waals surface area contributed by atoms with Crippen molar-refractivity contribution in [3.8, 4) is 34.6 Å². The number of piperazine rings is 1. The highest BCUT2D eigenvalue weighted by molar-refractivity contribution is 7.18. The number of primary amides is 1. The molecule has 5 rings (SSSR count). The Balaban J connectivity index is 1.37. The van der Waals surface area contributed by atoms with E-state index in [1.807, 2.05) is 59.5 Å². The zero-order valence-corrected chi connectivity index (χ0v) is 18.8. The summed E-state index contributed by atoms with van der Waals surface area (Å²) < 4.78 is 5.85. The van der Waals surface area contributed by atoms with Gasteiger partial charge in [-0.2, -0.15) is 0 Å². The summed E-state index contributed by atoms with van der Waals surface area (Å²) >= 11 is 1.30. The highest BCUT2D eigenvalue weighted by atomic mass is 32.1. The SMILES string of the molecule is CC#CC(=O)N1CC2CC1CN2c1nc(-c2ccc(Oc3ccccc3)cc2)c(C(N)=O)s1. The summed E-state index contributed by atoms with van der Waals surface area (Å²) in [6.45, 7) is 2.96. The lowest BCUT2D eigenvalue weighted by Gasteiger charge is -2.33. The lowest BCUT2D eigenvalue weighted by Crippen LogP contribution is -2.48. The minimum atomic E-state index is -0.502. The molecule has 33 heavy (non-hydrogen) atoms. The highest BCUT2D eigenvalue weighted by Gasteiger charge is 2.46. The molecule has 166 valence electrons. The van der Waals surface area contributed by atoms with Gasteiger partial charge in [0.25, 0.3) is 11.8 Å². The number of thiazole rings is 1. The van der Waals surface area contributed by atoms with Gasteiger partial charge in [-0.05, 0) is 55.7 Å². The largest absolute Gasteiger partial charge is 0.457 e. The molecule has 2 fully saturated rings. The normalized spacial score (nSPS) is 18.7. The van der Waals surface area contributed by atoms with E-state index in [0.29, 0.717) is 29.4 Å². The van der Waals surface area contributed by atoms with E-state index in [9.17, 15) is 9.59 Å². The fourth-order valence-electron chi connectivity index (χ4n) is 4.43. The van der Waals surface area contributed by atoms with Crippen LogP contribution in [0.1, 0.15) is 23.0 Å². The number of anilines is 1. The van der Waals surface area contributed by atoms with Crippen molar-refractivity contribution < 1.29 is 14.3 Å². The fraction of sp³-hybridized carbons (Fsp3) is 0.240. The first kappa shape index (κ1) is 21.0. The smallest absolute Gasteiger partial charge is 0.298 e. The van der Waals surface area contributed by atoms with E-state index in [0.717, 1.165) is 22.9 Å². The Morgan fingerprint density at radius 2 is 1.79 bits per heavy atom. The standard InChI is InChI=1S/C25H22N4O3S/c1-2-6-21(30)28-14-18-13-17(28)15-29(18)25-27-22(23(33-25)24(26)31)16-9-11-20(12-10-16)32-19-7-4-3-5-8-19/h3-5,7-12,17-18H,13-15H2,1H3,(H2,26,31). The molecule has 2 aromatic carbocycles. The van der Waals surface area contributed by atoms with E-state index in [-0.39, 0.29) is 18.0 Å². The van der Waals surface area contributed by atoms with Gasteiger partial charge in [0.15, 0.2) is 5.13 Å². The molecule has 0 aliphatic carbocycles. The molecule has 1 aromatic heterocycles. The quantitative estimate of drug-likeness (QED) is 0.591. The minimum Gasteiger partial charge on any atom is -0.457 e. The first-order valence-electron chi connectivity index (χ1n) is 10.7. The number of benzene rings is 2. The number of nitrogens with two attached hydrogens (primary N) is 1. The number of hydrogen-bond donors (Lipinski definition) is 1. The number of likely N-dealkylation sites (tertiary alicyclic amines) is 1. The third-order valence-electron chi connectivity index (χ3n) is 5.93. The number of amides is 2. The van der Waals surface area contributed by atoms with Crippen LogP contribution in [0.2, 0.25) is 0 Å². The molecule has 2 saturated heterocycles. The van der Waals surface area contributed by atoms with Gasteiger partial charge in [0, 0.05) is 18.7 Å². The van der Waals surface area contributed by atoms with Crippen LogP contribution in [0, 0.1) is 11.8 Å². The van der Waals surface area contributed by atoms with Crippen molar-refractivity contribution in [3.63, 3.8) is 0 Å². The maximum Gasteiger partial charge on any atom is 0.298 e. The predicted octanol–water partition coefficient (Wildman–Crippen LogP) is 3.51. The van der Waals surface area contributed by atoms with Crippen LogP contribution in [0.3, 0.4) is 0 Å². The first-order valence-corrected chi connectivity index (χ1v) is 11.5. The summed E-state index contributed by atoms with van der Waals surface area (Å²) in [5.74, 6) is 6.13. The predicted molar refractivity (Wildman–Crippen MR) is 127 cm³/mol. The molecule has 7 nitrogen and oxygen atoms in total. The summed E-state index contributed by atoms with van der Waals surface area (Å²) in [7, 11) is 0. The molecular weight excluding hydrogens is 436 g/mol. The topological polar surface area (TPSA) is 88.8 Å². The summed E-state index contributed by atoms with van der Waals surface area (Å²) in [5, 5.41) is 0.754. The molecule has 0 spiro atoms. The van der Waals surface area contributed by atoms with E-state index < -0.39 is 5.91 Å². The van der Waals surface area contributed by atoms with Gasteiger partial charge in [-0.1, -0.05) is 35.5 Å². The minimum absolute atomic E-state index is 0.113. The molecule has 2 atom stereocenters. The Morgan fingerprint density at radius 3 is 2.42 bits per heavy atom. The number of rotatable bonds is 5. The van der Waals surface area contributed by atoms with Crippen LogP contribution in [0.15, 0.2) is 54.6 Å². The monoisotopic (exact) mass is 458 g/mol. The molecule has 8 heteroatoms. The molecule has 2 N–H and O–H groups in total. The second kappa shape index (κ2) is 8.60. The van der Waals surface area contributed by atoms with Gasteiger partial charge < -0.3 is 20.3 Å². The number of para-hydroxylation sites is 1. The van der Waals surface area contributed by atoms with Gasteiger partial charge in [0.05, 0.1) is 17.8 Å². The van der Waals surface area contributed by atoms with Gasteiger partial charge in [-0.15, -0.1) is 0 Å². The van der Waals surface area contributed by atoms with E-state index in [2.05, 4.69) is 16.7 Å². The molecule has 0 radical (unpaired) electrons. The Hall–Kier alpha value is -3.83. The Labute approximate surface area is 195 Å². The van der Waals surface area contributed by atoms with Crippen molar-refractivity contribution >= 4 is 28.3 Å². The Morgan fingerprint density at radius 1 is 1.06 bits per heavy atom. The van der Waals surface area contributed by atoms with Crippen LogP contribution in [-0.4, -0.2) is 46.9 Å². The van der Waals surface area contributed by atoms with Crippen LogP contribution in [0.25, 0.3) is 11.3 Å². The van der Waals surface area contributed by atoms with Gasteiger partial charge in [0.2, 0.25) is 0 Å². The van der Waals surface area contributed by atoms with Gasteiger partial charge in [-0.25, -0.2) is 4.98 Å². The number of hydrogen-bond acceptors (Lipinski definition) is 6. The van der Waals surface area contributed by atoms with Crippen LogP contribution in [0.4, 0.5) is 5.13 Å². The van der Waals surface area contributed by atoms with Crippen molar-refractivity contribution in [2.24, 2.45) is 5.73 Å². The van der Waals surface area contributed by atoms with Gasteiger partial charge in [0.1, 0.15) is 16.4 Å². The van der Waals surface area contributed by atoms with E-state index in [1.54, 1.807) is 6.92 Å². The molecule has 2 aliphatic rings. The van der Waals surface area contributed by atoms with E-state index in [4.69, 9.17) is 15.5 Å². The van der Waals surface area contributed by atoms with Gasteiger partial charge in [-0.3, -0.25) is 9.59 Å². The molecule has 2 bridgehead atoms. The highest BCUT2D eigenvalue weighted by Crippen LogP contribution is 2.40. The Kier molecular flexibility index (Phi) is 5.48. The summed E-state index contributed by atoms with van der Waals surface area (Å²) in [4.78, 5) is 33.6. The lowest BCUT2D eigenvalue weighted by molar-refractivity contribution is -0.126. The zero-order chi connectivity index (χ0) is 22.9. The number of aromatic nitrogens is 1. The summed E-state index contributed by atoms with van der Waals surface area (Å²) in [6.07, 6.45) is 0.878. The number of carbonyl (C=O) groups is 2. The maximum absolute atomic E-state index is 12.2. The number of ether oxygens (including phenoxy) is 1. The fourth-order valence-corrected chi connectivity index (χ4v) is 5.45. The lowest BCUT2D eigenvalue weighted by atomic mass is 10.1. The second-order valence-corrected chi connectivity index (χ2v) is 8.98. The maximum atomic E-state index is 12.2. The first-order chi connectivity index (χ1) is 16.0. The van der Waals surface area contributed by atoms with Crippen LogP contribution < -0.4 is 15.4 Å². The average molecular weight is 459 g/mol. The van der Waals surface area contributed by atoms with Crippen molar-refractivity contribution in [2.75, 3.05) is 18.0 Å². The van der Waals surface area contributed by atoms with Crippen LogP contribution in [0.5, 0.6) is 11.5 Å². The number of nitrogens with zero attached hydrogens (tertiary/aromatic N) is 3.